The highest BCUT2D eigenvalue weighted by Crippen LogP contribution is 2.32. The van der Waals surface area contributed by atoms with Crippen LogP contribution in [0.2, 0.25) is 0 Å². The monoisotopic (exact) mass is 393 g/mol. The third-order valence-electron chi connectivity index (χ3n) is 6.09. The zero-order valence-corrected chi connectivity index (χ0v) is 17.3. The minimum atomic E-state index is 0.161. The first-order valence-corrected chi connectivity index (χ1v) is 10.8. The summed E-state index contributed by atoms with van der Waals surface area (Å²) in [6.07, 6.45) is 8.86. The number of nitrogens with zero attached hydrogens (tertiary/aromatic N) is 3. The van der Waals surface area contributed by atoms with Crippen LogP contribution in [0.15, 0.2) is 48.8 Å². The highest BCUT2D eigenvalue weighted by molar-refractivity contribution is 5.78. The molecule has 2 aromatic rings. The minimum Gasteiger partial charge on any atom is -0.490 e. The fourth-order valence-corrected chi connectivity index (χ4v) is 4.28. The highest BCUT2D eigenvalue weighted by Gasteiger charge is 2.32. The van der Waals surface area contributed by atoms with Gasteiger partial charge >= 0.3 is 0 Å². The lowest BCUT2D eigenvalue weighted by Gasteiger charge is -2.37. The van der Waals surface area contributed by atoms with Crippen LogP contribution in [-0.4, -0.2) is 53.5 Å². The molecule has 0 radical (unpaired) electrons. The molecule has 1 aliphatic heterocycles. The number of carbonyl (C=O) groups is 1. The van der Waals surface area contributed by atoms with Gasteiger partial charge in [0.2, 0.25) is 5.91 Å². The molecule has 4 rings (SSSR count). The third-order valence-corrected chi connectivity index (χ3v) is 6.09. The van der Waals surface area contributed by atoms with Crippen molar-refractivity contribution in [3.05, 3.63) is 59.9 Å². The molecule has 0 N–H and O–H groups in total. The second-order valence-electron chi connectivity index (χ2n) is 8.51. The van der Waals surface area contributed by atoms with Crippen molar-refractivity contribution >= 4 is 5.91 Å². The second-order valence-corrected chi connectivity index (χ2v) is 8.51. The first kappa shape index (κ1) is 19.9. The Hall–Kier alpha value is -2.40. The van der Waals surface area contributed by atoms with Crippen molar-refractivity contribution in [2.24, 2.45) is 5.92 Å². The second kappa shape index (κ2) is 9.40. The molecule has 0 bridgehead atoms. The zero-order valence-electron chi connectivity index (χ0n) is 17.3. The van der Waals surface area contributed by atoms with Crippen molar-refractivity contribution in [1.29, 1.82) is 0 Å². The lowest BCUT2D eigenvalue weighted by Crippen LogP contribution is -2.42. The molecule has 2 fully saturated rings. The first-order chi connectivity index (χ1) is 14.2. The molecule has 0 atom stereocenters. The van der Waals surface area contributed by atoms with Crippen LogP contribution in [0.5, 0.6) is 5.75 Å². The van der Waals surface area contributed by atoms with Crippen LogP contribution in [-0.2, 0) is 17.8 Å². The van der Waals surface area contributed by atoms with E-state index in [9.17, 15) is 4.79 Å². The van der Waals surface area contributed by atoms with E-state index in [2.05, 4.69) is 34.1 Å². The molecule has 5 nitrogen and oxygen atoms in total. The van der Waals surface area contributed by atoms with Crippen LogP contribution in [0.4, 0.5) is 0 Å². The van der Waals surface area contributed by atoms with Gasteiger partial charge in [0.05, 0.1) is 12.5 Å². The number of likely N-dealkylation sites (tertiary alicyclic amines) is 1. The quantitative estimate of drug-likeness (QED) is 0.688. The molecule has 1 saturated heterocycles. The van der Waals surface area contributed by atoms with Gasteiger partial charge in [-0.3, -0.25) is 14.7 Å². The molecule has 29 heavy (non-hydrogen) atoms. The molecule has 1 aromatic carbocycles. The van der Waals surface area contributed by atoms with Crippen LogP contribution in [0.25, 0.3) is 0 Å². The largest absolute Gasteiger partial charge is 0.490 e. The normalized spacial score (nSPS) is 21.6. The number of hydrogen-bond acceptors (Lipinski definition) is 4. The smallest absolute Gasteiger partial charge is 0.226 e. The Labute approximate surface area is 173 Å². The number of benzene rings is 1. The summed E-state index contributed by atoms with van der Waals surface area (Å²) in [5, 5.41) is 0. The van der Waals surface area contributed by atoms with Crippen molar-refractivity contribution in [2.45, 2.75) is 44.8 Å². The number of likely N-dealkylation sites (N-methyl/N-ethyl adjacent to an activating group) is 1. The molecule has 1 saturated carbocycles. The predicted octanol–water partition coefficient (Wildman–Crippen LogP) is 3.54. The maximum atomic E-state index is 12.4. The molecule has 1 aromatic heterocycles. The number of pyridine rings is 1. The topological polar surface area (TPSA) is 45.7 Å². The molecule has 154 valence electrons. The van der Waals surface area contributed by atoms with E-state index in [0.29, 0.717) is 12.3 Å². The van der Waals surface area contributed by atoms with E-state index in [0.717, 1.165) is 37.2 Å². The van der Waals surface area contributed by atoms with Gasteiger partial charge in [-0.05, 0) is 80.1 Å². The number of amides is 1. The summed E-state index contributed by atoms with van der Waals surface area (Å²) in [7, 11) is 1.90. The maximum absolute atomic E-state index is 12.4. The van der Waals surface area contributed by atoms with E-state index in [-0.39, 0.29) is 12.0 Å². The van der Waals surface area contributed by atoms with Crippen molar-refractivity contribution < 1.29 is 9.53 Å². The van der Waals surface area contributed by atoms with Gasteiger partial charge < -0.3 is 9.64 Å². The van der Waals surface area contributed by atoms with Gasteiger partial charge in [-0.1, -0.05) is 12.1 Å². The van der Waals surface area contributed by atoms with Crippen molar-refractivity contribution in [1.82, 2.24) is 14.8 Å². The molecule has 5 heteroatoms. The van der Waals surface area contributed by atoms with Gasteiger partial charge in [-0.15, -0.1) is 0 Å². The molecule has 0 spiro atoms. The Bertz CT molecular complexity index is 782. The van der Waals surface area contributed by atoms with Crippen LogP contribution in [0.3, 0.4) is 0 Å². The van der Waals surface area contributed by atoms with Crippen molar-refractivity contribution in [2.75, 3.05) is 26.7 Å². The molecular formula is C24H31N3O2. The Balaban J connectivity index is 1.16. The van der Waals surface area contributed by atoms with E-state index >= 15 is 0 Å². The average Bonchev–Trinajstić information content (AvgIpc) is 3.21. The summed E-state index contributed by atoms with van der Waals surface area (Å²) in [4.78, 5) is 20.8. The summed E-state index contributed by atoms with van der Waals surface area (Å²) >= 11 is 0. The summed E-state index contributed by atoms with van der Waals surface area (Å²) in [6.45, 7) is 4.30. The first-order valence-electron chi connectivity index (χ1n) is 10.8. The van der Waals surface area contributed by atoms with Gasteiger partial charge in [0.1, 0.15) is 5.75 Å². The average molecular weight is 394 g/mol. The Kier molecular flexibility index (Phi) is 6.45. The number of carbonyl (C=O) groups excluding carboxylic acids is 1. The standard InChI is InChI=1S/C24H31N3O2/c1-26(24(28)16-19-8-10-25-11-9-19)17-21-14-23(15-21)29-22-6-4-20(5-7-22)18-27-12-2-3-13-27/h4-11,21,23H,2-3,12-18H2,1H3. The maximum Gasteiger partial charge on any atom is 0.226 e. The van der Waals surface area contributed by atoms with E-state index < -0.39 is 0 Å². The zero-order chi connectivity index (χ0) is 20.1. The van der Waals surface area contributed by atoms with Gasteiger partial charge in [0.25, 0.3) is 0 Å². The van der Waals surface area contributed by atoms with Crippen molar-refractivity contribution in [3.63, 3.8) is 0 Å². The number of ether oxygens (including phenoxy) is 1. The molecule has 2 aliphatic rings. The van der Waals surface area contributed by atoms with Gasteiger partial charge in [-0.25, -0.2) is 0 Å². The SMILES string of the molecule is CN(CC1CC(Oc2ccc(CN3CCCC3)cc2)C1)C(=O)Cc1ccncc1. The van der Waals surface area contributed by atoms with Crippen molar-refractivity contribution in [3.8, 4) is 5.75 Å². The van der Waals surface area contributed by atoms with E-state index in [1.165, 1.54) is 31.5 Å². The number of aromatic nitrogens is 1. The Morgan fingerprint density at radius 1 is 1.07 bits per heavy atom. The summed E-state index contributed by atoms with van der Waals surface area (Å²) < 4.78 is 6.12. The van der Waals surface area contributed by atoms with E-state index in [1.807, 2.05) is 24.1 Å². The lowest BCUT2D eigenvalue weighted by atomic mass is 9.82. The van der Waals surface area contributed by atoms with Crippen LogP contribution in [0, 0.1) is 5.92 Å². The van der Waals surface area contributed by atoms with Crippen LogP contribution in [0.1, 0.15) is 36.8 Å². The fourth-order valence-electron chi connectivity index (χ4n) is 4.28. The Morgan fingerprint density at radius 2 is 1.76 bits per heavy atom. The lowest BCUT2D eigenvalue weighted by molar-refractivity contribution is -0.130. The summed E-state index contributed by atoms with van der Waals surface area (Å²) in [6, 6.07) is 12.4. The van der Waals surface area contributed by atoms with E-state index in [1.54, 1.807) is 12.4 Å². The number of hydrogen-bond donors (Lipinski definition) is 0. The van der Waals surface area contributed by atoms with Gasteiger partial charge in [0, 0.05) is 32.5 Å². The van der Waals surface area contributed by atoms with E-state index in [4.69, 9.17) is 4.74 Å². The van der Waals surface area contributed by atoms with Crippen LogP contribution >= 0.6 is 0 Å². The van der Waals surface area contributed by atoms with Gasteiger partial charge in [0.15, 0.2) is 0 Å². The molecule has 1 amide bonds. The molecular weight excluding hydrogens is 362 g/mol. The fraction of sp³-hybridized carbons (Fsp3) is 0.500. The van der Waals surface area contributed by atoms with Crippen LogP contribution < -0.4 is 4.74 Å². The third kappa shape index (κ3) is 5.57. The number of rotatable bonds is 8. The Morgan fingerprint density at radius 3 is 2.45 bits per heavy atom. The minimum absolute atomic E-state index is 0.161. The molecule has 2 heterocycles. The summed E-state index contributed by atoms with van der Waals surface area (Å²) in [5.41, 5.74) is 2.37. The molecule has 1 aliphatic carbocycles. The summed E-state index contributed by atoms with van der Waals surface area (Å²) in [5.74, 6) is 1.65. The predicted molar refractivity (Wildman–Crippen MR) is 114 cm³/mol. The van der Waals surface area contributed by atoms with Gasteiger partial charge in [-0.2, -0.15) is 0 Å². The highest BCUT2D eigenvalue weighted by atomic mass is 16.5. The molecule has 0 unspecified atom stereocenters.